The lowest BCUT2D eigenvalue weighted by atomic mass is 9.87. The molecule has 94 valence electrons. The molecular weight excluding hydrogens is 212 g/mol. The van der Waals surface area contributed by atoms with E-state index in [1.54, 1.807) is 0 Å². The Hall–Kier alpha value is -1.35. The van der Waals surface area contributed by atoms with E-state index < -0.39 is 6.04 Å². The van der Waals surface area contributed by atoms with Crippen LogP contribution in [0.5, 0.6) is 0 Å². The van der Waals surface area contributed by atoms with Crippen LogP contribution in [0.15, 0.2) is 24.3 Å². The molecule has 3 heteroatoms. The van der Waals surface area contributed by atoms with E-state index in [0.29, 0.717) is 6.54 Å². The Balaban J connectivity index is 2.51. The summed E-state index contributed by atoms with van der Waals surface area (Å²) in [6, 6.07) is 7.61. The maximum atomic E-state index is 11.8. The van der Waals surface area contributed by atoms with Crippen molar-refractivity contribution in [2.75, 3.05) is 0 Å². The summed E-state index contributed by atoms with van der Waals surface area (Å²) >= 11 is 0. The molecule has 3 N–H and O–H groups in total. The summed E-state index contributed by atoms with van der Waals surface area (Å²) in [6.07, 6.45) is 0. The van der Waals surface area contributed by atoms with E-state index in [1.165, 1.54) is 5.56 Å². The van der Waals surface area contributed by atoms with Crippen LogP contribution in [0.25, 0.3) is 0 Å². The number of amides is 1. The molecule has 1 aromatic carbocycles. The van der Waals surface area contributed by atoms with Gasteiger partial charge < -0.3 is 11.1 Å². The maximum Gasteiger partial charge on any atom is 0.237 e. The molecule has 0 bridgehead atoms. The van der Waals surface area contributed by atoms with Crippen molar-refractivity contribution in [3.05, 3.63) is 35.4 Å². The topological polar surface area (TPSA) is 55.1 Å². The maximum absolute atomic E-state index is 11.8. The fraction of sp³-hybridized carbons (Fsp3) is 0.500. The molecule has 0 radical (unpaired) electrons. The molecule has 0 aliphatic rings. The Morgan fingerprint density at radius 1 is 1.29 bits per heavy atom. The second kappa shape index (κ2) is 5.32. The highest BCUT2D eigenvalue weighted by molar-refractivity contribution is 5.82. The number of benzene rings is 1. The number of carbonyl (C=O) groups excluding carboxylic acids is 1. The minimum Gasteiger partial charge on any atom is -0.351 e. The molecule has 3 nitrogen and oxygen atoms in total. The minimum absolute atomic E-state index is 0.0990. The summed E-state index contributed by atoms with van der Waals surface area (Å²) in [4.78, 5) is 11.8. The lowest BCUT2D eigenvalue weighted by Crippen LogP contribution is -2.48. The lowest BCUT2D eigenvalue weighted by Gasteiger charge is -2.25. The first kappa shape index (κ1) is 13.7. The Labute approximate surface area is 103 Å². The monoisotopic (exact) mass is 234 g/mol. The lowest BCUT2D eigenvalue weighted by molar-refractivity contribution is -0.124. The van der Waals surface area contributed by atoms with Gasteiger partial charge >= 0.3 is 0 Å². The van der Waals surface area contributed by atoms with Crippen LogP contribution in [0.2, 0.25) is 0 Å². The molecule has 0 saturated heterocycles. The van der Waals surface area contributed by atoms with Crippen molar-refractivity contribution >= 4 is 5.91 Å². The molecule has 1 rings (SSSR count). The number of nitrogens with one attached hydrogen (secondary N) is 1. The van der Waals surface area contributed by atoms with E-state index in [9.17, 15) is 4.79 Å². The van der Waals surface area contributed by atoms with Crippen molar-refractivity contribution in [3.63, 3.8) is 0 Å². The molecule has 1 atom stereocenters. The van der Waals surface area contributed by atoms with Crippen LogP contribution < -0.4 is 11.1 Å². The van der Waals surface area contributed by atoms with Crippen molar-refractivity contribution in [2.24, 2.45) is 11.1 Å². The van der Waals surface area contributed by atoms with Crippen LogP contribution >= 0.6 is 0 Å². The highest BCUT2D eigenvalue weighted by atomic mass is 16.2. The standard InChI is InChI=1S/C14H22N2O/c1-10-5-7-11(8-6-10)9-16-13(17)12(15)14(2,3)4/h5-8,12H,9,15H2,1-4H3,(H,16,17). The third kappa shape index (κ3) is 4.19. The van der Waals surface area contributed by atoms with E-state index in [2.05, 4.69) is 5.32 Å². The number of hydrogen-bond acceptors (Lipinski definition) is 2. The Bertz CT molecular complexity index is 376. The van der Waals surface area contributed by atoms with E-state index in [0.717, 1.165) is 5.56 Å². The molecule has 1 amide bonds. The van der Waals surface area contributed by atoms with Gasteiger partial charge in [-0.3, -0.25) is 4.79 Å². The molecule has 0 spiro atoms. The summed E-state index contributed by atoms with van der Waals surface area (Å²) in [5, 5.41) is 2.86. The van der Waals surface area contributed by atoms with Crippen molar-refractivity contribution in [1.29, 1.82) is 0 Å². The molecule has 1 aromatic rings. The number of aryl methyl sites for hydroxylation is 1. The summed E-state index contributed by atoms with van der Waals surface area (Å²) in [7, 11) is 0. The molecule has 1 unspecified atom stereocenters. The largest absolute Gasteiger partial charge is 0.351 e. The predicted octanol–water partition coefficient (Wildman–Crippen LogP) is 1.98. The molecule has 17 heavy (non-hydrogen) atoms. The van der Waals surface area contributed by atoms with Gasteiger partial charge in [-0.1, -0.05) is 50.6 Å². The van der Waals surface area contributed by atoms with Crippen LogP contribution in [0.3, 0.4) is 0 Å². The van der Waals surface area contributed by atoms with Gasteiger partial charge in [0.15, 0.2) is 0 Å². The fourth-order valence-electron chi connectivity index (χ4n) is 1.40. The molecule has 0 aliphatic carbocycles. The predicted molar refractivity (Wildman–Crippen MR) is 70.5 cm³/mol. The third-order valence-corrected chi connectivity index (χ3v) is 2.80. The summed E-state index contributed by atoms with van der Waals surface area (Å²) in [5.74, 6) is -0.0990. The Morgan fingerprint density at radius 3 is 2.29 bits per heavy atom. The molecule has 0 aliphatic heterocycles. The highest BCUT2D eigenvalue weighted by Gasteiger charge is 2.26. The van der Waals surface area contributed by atoms with Gasteiger partial charge in [0, 0.05) is 6.54 Å². The Kier molecular flexibility index (Phi) is 4.29. The zero-order valence-electron chi connectivity index (χ0n) is 11.1. The highest BCUT2D eigenvalue weighted by Crippen LogP contribution is 2.17. The summed E-state index contributed by atoms with van der Waals surface area (Å²) in [6.45, 7) is 8.45. The second-order valence-corrected chi connectivity index (χ2v) is 5.55. The van der Waals surface area contributed by atoms with Crippen molar-refractivity contribution in [3.8, 4) is 0 Å². The van der Waals surface area contributed by atoms with Crippen LogP contribution in [-0.2, 0) is 11.3 Å². The van der Waals surface area contributed by atoms with Crippen LogP contribution in [0.1, 0.15) is 31.9 Å². The SMILES string of the molecule is Cc1ccc(CNC(=O)C(N)C(C)(C)C)cc1. The molecular formula is C14H22N2O. The first-order chi connectivity index (χ1) is 7.80. The van der Waals surface area contributed by atoms with E-state index in [-0.39, 0.29) is 11.3 Å². The van der Waals surface area contributed by atoms with Crippen LogP contribution in [-0.4, -0.2) is 11.9 Å². The van der Waals surface area contributed by atoms with Gasteiger partial charge in [-0.25, -0.2) is 0 Å². The summed E-state index contributed by atoms with van der Waals surface area (Å²) in [5.41, 5.74) is 7.96. The second-order valence-electron chi connectivity index (χ2n) is 5.55. The van der Waals surface area contributed by atoms with Gasteiger partial charge in [0.25, 0.3) is 0 Å². The third-order valence-electron chi connectivity index (χ3n) is 2.80. The molecule has 0 fully saturated rings. The number of nitrogens with two attached hydrogens (primary N) is 1. The minimum atomic E-state index is -0.479. The normalized spacial score (nSPS) is 13.2. The van der Waals surface area contributed by atoms with Crippen LogP contribution in [0, 0.1) is 12.3 Å². The zero-order chi connectivity index (χ0) is 13.1. The van der Waals surface area contributed by atoms with Crippen LogP contribution in [0.4, 0.5) is 0 Å². The average molecular weight is 234 g/mol. The van der Waals surface area contributed by atoms with E-state index in [1.807, 2.05) is 52.0 Å². The number of carbonyl (C=O) groups is 1. The molecule has 0 heterocycles. The first-order valence-corrected chi connectivity index (χ1v) is 5.89. The van der Waals surface area contributed by atoms with Crippen molar-refractivity contribution in [1.82, 2.24) is 5.32 Å². The van der Waals surface area contributed by atoms with Gasteiger partial charge in [-0.2, -0.15) is 0 Å². The summed E-state index contributed by atoms with van der Waals surface area (Å²) < 4.78 is 0. The fourth-order valence-corrected chi connectivity index (χ4v) is 1.40. The smallest absolute Gasteiger partial charge is 0.237 e. The van der Waals surface area contributed by atoms with E-state index >= 15 is 0 Å². The van der Waals surface area contributed by atoms with E-state index in [4.69, 9.17) is 5.73 Å². The number of hydrogen-bond donors (Lipinski definition) is 2. The van der Waals surface area contributed by atoms with Gasteiger partial charge in [-0.15, -0.1) is 0 Å². The molecule has 0 aromatic heterocycles. The Morgan fingerprint density at radius 2 is 1.82 bits per heavy atom. The number of rotatable bonds is 3. The van der Waals surface area contributed by atoms with Gasteiger partial charge in [0.1, 0.15) is 0 Å². The van der Waals surface area contributed by atoms with Crippen molar-refractivity contribution in [2.45, 2.75) is 40.3 Å². The molecule has 0 saturated carbocycles. The van der Waals surface area contributed by atoms with Crippen molar-refractivity contribution < 1.29 is 4.79 Å². The first-order valence-electron chi connectivity index (χ1n) is 5.89. The quantitative estimate of drug-likeness (QED) is 0.840. The average Bonchev–Trinajstić information content (AvgIpc) is 2.25. The van der Waals surface area contributed by atoms with Gasteiger partial charge in [-0.05, 0) is 17.9 Å². The zero-order valence-corrected chi connectivity index (χ0v) is 11.1. The van der Waals surface area contributed by atoms with Gasteiger partial charge in [0.05, 0.1) is 6.04 Å². The van der Waals surface area contributed by atoms with Gasteiger partial charge in [0.2, 0.25) is 5.91 Å².